The number of aromatic nitrogens is 3. The summed E-state index contributed by atoms with van der Waals surface area (Å²) in [6.07, 6.45) is 1.46. The van der Waals surface area contributed by atoms with Crippen LogP contribution in [0.4, 0.5) is 14.7 Å². The summed E-state index contributed by atoms with van der Waals surface area (Å²) in [6, 6.07) is 3.08. The van der Waals surface area contributed by atoms with Crippen LogP contribution in [0.3, 0.4) is 0 Å². The van der Waals surface area contributed by atoms with Crippen LogP contribution in [0, 0.1) is 0 Å². The third-order valence-electron chi connectivity index (χ3n) is 3.77. The Morgan fingerprint density at radius 2 is 2.09 bits per heavy atom. The molecule has 22 heavy (non-hydrogen) atoms. The number of hydrogen-bond donors (Lipinski definition) is 2. The molecule has 0 saturated carbocycles. The van der Waals surface area contributed by atoms with Crippen molar-refractivity contribution in [1.82, 2.24) is 19.9 Å². The van der Waals surface area contributed by atoms with Crippen molar-refractivity contribution in [3.05, 3.63) is 28.7 Å². The largest absolute Gasteiger partial charge is 0.353 e. The molecule has 118 valence electrons. The zero-order valence-electron chi connectivity index (χ0n) is 12.0. The van der Waals surface area contributed by atoms with Gasteiger partial charge in [-0.05, 0) is 6.07 Å². The first-order valence-corrected chi connectivity index (χ1v) is 7.22. The Labute approximate surface area is 125 Å². The van der Waals surface area contributed by atoms with Crippen molar-refractivity contribution in [2.75, 3.05) is 31.5 Å². The van der Waals surface area contributed by atoms with Crippen molar-refractivity contribution in [3.8, 4) is 0 Å². The van der Waals surface area contributed by atoms with Gasteiger partial charge in [-0.15, -0.1) is 0 Å². The first kappa shape index (κ1) is 14.8. The van der Waals surface area contributed by atoms with Crippen LogP contribution in [-0.4, -0.2) is 52.0 Å². The molecule has 0 atom stereocenters. The van der Waals surface area contributed by atoms with Gasteiger partial charge in [0.25, 0.3) is 5.92 Å². The summed E-state index contributed by atoms with van der Waals surface area (Å²) in [5, 5.41) is 3.80. The maximum absolute atomic E-state index is 13.1. The fourth-order valence-electron chi connectivity index (χ4n) is 2.45. The van der Waals surface area contributed by atoms with Crippen LogP contribution in [0.5, 0.6) is 0 Å². The summed E-state index contributed by atoms with van der Waals surface area (Å²) in [4.78, 5) is 24.3. The molecule has 1 fully saturated rings. The van der Waals surface area contributed by atoms with Gasteiger partial charge >= 0.3 is 0 Å². The molecule has 2 aromatic rings. The minimum absolute atomic E-state index is 0.0826. The molecule has 1 aliphatic rings. The second-order valence-electron chi connectivity index (χ2n) is 5.44. The third kappa shape index (κ3) is 3.56. The van der Waals surface area contributed by atoms with Gasteiger partial charge in [0, 0.05) is 56.7 Å². The van der Waals surface area contributed by atoms with E-state index >= 15 is 0 Å². The Morgan fingerprint density at radius 3 is 2.86 bits per heavy atom. The molecule has 1 saturated heterocycles. The number of likely N-dealkylation sites (tertiary alicyclic amines) is 1. The van der Waals surface area contributed by atoms with Crippen molar-refractivity contribution in [2.24, 2.45) is 0 Å². The van der Waals surface area contributed by atoms with Crippen LogP contribution in [0.15, 0.2) is 23.1 Å². The fourth-order valence-corrected chi connectivity index (χ4v) is 2.45. The Bertz CT molecular complexity index is 708. The number of nitrogens with one attached hydrogen (secondary N) is 2. The van der Waals surface area contributed by atoms with E-state index in [0.717, 1.165) is 5.39 Å². The Kier molecular flexibility index (Phi) is 4.02. The number of piperidine rings is 1. The standard InChI is InChI=1S/C14H17F2N5O/c15-14(16)3-6-21(7-4-14)8-5-17-13-18-9-10-1-2-11(22)19-12(10)20-13/h1-2,9H,3-8H2,(H2,17,18,19,20,22). The van der Waals surface area contributed by atoms with E-state index in [1.807, 2.05) is 4.90 Å². The van der Waals surface area contributed by atoms with E-state index in [9.17, 15) is 13.6 Å². The van der Waals surface area contributed by atoms with Gasteiger partial charge in [0.2, 0.25) is 11.5 Å². The molecule has 0 aromatic carbocycles. The minimum Gasteiger partial charge on any atom is -0.353 e. The van der Waals surface area contributed by atoms with Gasteiger partial charge in [-0.25, -0.2) is 13.8 Å². The molecule has 2 aromatic heterocycles. The molecule has 6 nitrogen and oxygen atoms in total. The van der Waals surface area contributed by atoms with Crippen LogP contribution in [0.1, 0.15) is 12.8 Å². The van der Waals surface area contributed by atoms with E-state index in [4.69, 9.17) is 0 Å². The molecule has 2 N–H and O–H groups in total. The van der Waals surface area contributed by atoms with Gasteiger partial charge in [0.05, 0.1) is 0 Å². The molecular weight excluding hydrogens is 292 g/mol. The SMILES string of the molecule is O=c1ccc2cnc(NCCN3CCC(F)(F)CC3)nc2[nH]1. The van der Waals surface area contributed by atoms with E-state index in [1.165, 1.54) is 6.07 Å². The number of rotatable bonds is 4. The highest BCUT2D eigenvalue weighted by molar-refractivity contribution is 5.74. The number of fused-ring (bicyclic) bond motifs is 1. The highest BCUT2D eigenvalue weighted by Crippen LogP contribution is 2.27. The second kappa shape index (κ2) is 5.96. The molecule has 3 rings (SSSR count). The number of H-pyrrole nitrogens is 1. The third-order valence-corrected chi connectivity index (χ3v) is 3.77. The number of pyridine rings is 1. The maximum atomic E-state index is 13.1. The van der Waals surface area contributed by atoms with Gasteiger partial charge < -0.3 is 15.2 Å². The predicted octanol–water partition coefficient (Wildman–Crippen LogP) is 1.46. The minimum atomic E-state index is -2.52. The Morgan fingerprint density at radius 1 is 1.32 bits per heavy atom. The number of anilines is 1. The predicted molar refractivity (Wildman–Crippen MR) is 79.3 cm³/mol. The molecule has 0 aliphatic carbocycles. The lowest BCUT2D eigenvalue weighted by Crippen LogP contribution is -2.41. The molecule has 0 unspecified atom stereocenters. The van der Waals surface area contributed by atoms with Gasteiger partial charge in [-0.2, -0.15) is 4.98 Å². The van der Waals surface area contributed by atoms with Crippen molar-refractivity contribution in [3.63, 3.8) is 0 Å². The van der Waals surface area contributed by atoms with Crippen molar-refractivity contribution >= 4 is 17.0 Å². The summed E-state index contributed by atoms with van der Waals surface area (Å²) in [7, 11) is 0. The lowest BCUT2D eigenvalue weighted by molar-refractivity contribution is -0.0543. The second-order valence-corrected chi connectivity index (χ2v) is 5.44. The van der Waals surface area contributed by atoms with Crippen molar-refractivity contribution < 1.29 is 8.78 Å². The van der Waals surface area contributed by atoms with Crippen LogP contribution in [0.25, 0.3) is 11.0 Å². The summed E-state index contributed by atoms with van der Waals surface area (Å²) in [5.41, 5.74) is 0.258. The molecule has 0 bridgehead atoms. The first-order chi connectivity index (χ1) is 10.5. The van der Waals surface area contributed by atoms with Gasteiger partial charge in [0.1, 0.15) is 5.65 Å². The zero-order valence-corrected chi connectivity index (χ0v) is 12.0. The van der Waals surface area contributed by atoms with Crippen molar-refractivity contribution in [1.29, 1.82) is 0 Å². The van der Waals surface area contributed by atoms with E-state index in [2.05, 4.69) is 20.3 Å². The quantitative estimate of drug-likeness (QED) is 0.894. The molecule has 1 aliphatic heterocycles. The van der Waals surface area contributed by atoms with E-state index in [-0.39, 0.29) is 18.4 Å². The van der Waals surface area contributed by atoms with Gasteiger partial charge in [0.15, 0.2) is 0 Å². The average molecular weight is 309 g/mol. The highest BCUT2D eigenvalue weighted by Gasteiger charge is 2.33. The molecule has 3 heterocycles. The highest BCUT2D eigenvalue weighted by atomic mass is 19.3. The molecular formula is C14H17F2N5O. The number of nitrogens with zero attached hydrogens (tertiary/aromatic N) is 3. The molecule has 0 spiro atoms. The lowest BCUT2D eigenvalue weighted by atomic mass is 10.1. The average Bonchev–Trinajstić information content (AvgIpc) is 2.48. The summed E-state index contributed by atoms with van der Waals surface area (Å²) in [6.45, 7) is 2.03. The van der Waals surface area contributed by atoms with E-state index in [0.29, 0.717) is 37.8 Å². The number of halogens is 2. The van der Waals surface area contributed by atoms with E-state index < -0.39 is 5.92 Å². The molecule has 8 heteroatoms. The molecule has 0 radical (unpaired) electrons. The zero-order chi connectivity index (χ0) is 15.6. The van der Waals surface area contributed by atoms with Gasteiger partial charge in [-0.1, -0.05) is 0 Å². The topological polar surface area (TPSA) is 73.9 Å². The van der Waals surface area contributed by atoms with Crippen LogP contribution < -0.4 is 10.9 Å². The number of alkyl halides is 2. The van der Waals surface area contributed by atoms with Crippen LogP contribution in [0.2, 0.25) is 0 Å². The van der Waals surface area contributed by atoms with Crippen LogP contribution in [-0.2, 0) is 0 Å². The Hall–Kier alpha value is -2.09. The smallest absolute Gasteiger partial charge is 0.250 e. The summed E-state index contributed by atoms with van der Waals surface area (Å²) < 4.78 is 26.1. The fraction of sp³-hybridized carbons (Fsp3) is 0.500. The van der Waals surface area contributed by atoms with Gasteiger partial charge in [-0.3, -0.25) is 4.79 Å². The number of hydrogen-bond acceptors (Lipinski definition) is 5. The van der Waals surface area contributed by atoms with E-state index in [1.54, 1.807) is 12.3 Å². The van der Waals surface area contributed by atoms with Crippen LogP contribution >= 0.6 is 0 Å². The summed E-state index contributed by atoms with van der Waals surface area (Å²) >= 11 is 0. The normalized spacial score (nSPS) is 18.5. The number of aromatic amines is 1. The first-order valence-electron chi connectivity index (χ1n) is 7.22. The van der Waals surface area contributed by atoms with Crippen molar-refractivity contribution in [2.45, 2.75) is 18.8 Å². The monoisotopic (exact) mass is 309 g/mol. The Balaban J connectivity index is 1.54. The lowest BCUT2D eigenvalue weighted by Gasteiger charge is -2.31. The summed E-state index contributed by atoms with van der Waals surface area (Å²) in [5.74, 6) is -2.10. The maximum Gasteiger partial charge on any atom is 0.250 e. The molecule has 0 amide bonds.